The van der Waals surface area contributed by atoms with Gasteiger partial charge in [0.1, 0.15) is 5.78 Å². The van der Waals surface area contributed by atoms with Gasteiger partial charge >= 0.3 is 0 Å². The summed E-state index contributed by atoms with van der Waals surface area (Å²) in [7, 11) is 0. The lowest BCUT2D eigenvalue weighted by molar-refractivity contribution is -0.124. The van der Waals surface area contributed by atoms with Gasteiger partial charge in [0.25, 0.3) is 0 Å². The van der Waals surface area contributed by atoms with Gasteiger partial charge in [0.05, 0.1) is 5.41 Å². The molecule has 1 heteroatoms. The number of carbonyl (C=O) groups excluding carboxylic acids is 1. The highest BCUT2D eigenvalue weighted by atomic mass is 16.1. The number of hydrogen-bond donors (Lipinski definition) is 0. The van der Waals surface area contributed by atoms with Crippen LogP contribution in [0.5, 0.6) is 0 Å². The Balaban J connectivity index is 2.94. The Morgan fingerprint density at radius 1 is 1.45 bits per heavy atom. The van der Waals surface area contributed by atoms with Gasteiger partial charge in [-0.2, -0.15) is 0 Å². The molecule has 0 N–H and O–H groups in total. The molecule has 1 rings (SSSR count). The van der Waals surface area contributed by atoms with Gasteiger partial charge in [-0.25, -0.2) is 0 Å². The van der Waals surface area contributed by atoms with Crippen molar-refractivity contribution in [2.45, 2.75) is 20.8 Å². The van der Waals surface area contributed by atoms with E-state index in [1.54, 1.807) is 6.92 Å². The van der Waals surface area contributed by atoms with Crippen molar-refractivity contribution in [3.8, 4) is 0 Å². The lowest BCUT2D eigenvalue weighted by Crippen LogP contribution is -2.30. The second-order valence-electron chi connectivity index (χ2n) is 3.37. The van der Waals surface area contributed by atoms with Crippen LogP contribution in [0.2, 0.25) is 0 Å². The molecule has 0 aromatic heterocycles. The van der Waals surface area contributed by atoms with Gasteiger partial charge in [0.15, 0.2) is 0 Å². The summed E-state index contributed by atoms with van der Waals surface area (Å²) in [4.78, 5) is 11.2. The number of carbonyl (C=O) groups is 1. The standard InChI is InChI=1S/C10H14O/c1-8-6-4-5-7-10(8,3)9(2)11/h4-8H,1-3H3. The maximum Gasteiger partial charge on any atom is 0.140 e. The van der Waals surface area contributed by atoms with E-state index in [9.17, 15) is 4.79 Å². The Hall–Kier alpha value is -0.850. The minimum atomic E-state index is -0.269. The molecule has 2 unspecified atom stereocenters. The zero-order chi connectivity index (χ0) is 8.48. The maximum absolute atomic E-state index is 11.2. The van der Waals surface area contributed by atoms with Crippen molar-refractivity contribution >= 4 is 5.78 Å². The van der Waals surface area contributed by atoms with Gasteiger partial charge in [0.2, 0.25) is 0 Å². The number of allylic oxidation sites excluding steroid dienone is 4. The fourth-order valence-corrected chi connectivity index (χ4v) is 1.28. The minimum Gasteiger partial charge on any atom is -0.299 e. The first-order valence-corrected chi connectivity index (χ1v) is 3.94. The summed E-state index contributed by atoms with van der Waals surface area (Å²) < 4.78 is 0. The Labute approximate surface area is 67.8 Å². The quantitative estimate of drug-likeness (QED) is 0.560. The molecule has 0 spiro atoms. The molecule has 60 valence electrons. The van der Waals surface area contributed by atoms with Crippen LogP contribution in [0.3, 0.4) is 0 Å². The van der Waals surface area contributed by atoms with Crippen LogP contribution in [0, 0.1) is 11.3 Å². The monoisotopic (exact) mass is 150 g/mol. The van der Waals surface area contributed by atoms with Crippen molar-refractivity contribution in [1.82, 2.24) is 0 Å². The molecular formula is C10H14O. The van der Waals surface area contributed by atoms with E-state index in [1.165, 1.54) is 0 Å². The van der Waals surface area contributed by atoms with Gasteiger partial charge in [-0.05, 0) is 19.8 Å². The van der Waals surface area contributed by atoms with E-state index in [-0.39, 0.29) is 11.2 Å². The van der Waals surface area contributed by atoms with Crippen LogP contribution < -0.4 is 0 Å². The fourth-order valence-electron chi connectivity index (χ4n) is 1.28. The van der Waals surface area contributed by atoms with Gasteiger partial charge in [-0.15, -0.1) is 0 Å². The van der Waals surface area contributed by atoms with Crippen molar-refractivity contribution in [2.75, 3.05) is 0 Å². The van der Waals surface area contributed by atoms with E-state index in [1.807, 2.05) is 25.2 Å². The van der Waals surface area contributed by atoms with E-state index < -0.39 is 0 Å². The van der Waals surface area contributed by atoms with Gasteiger partial charge < -0.3 is 0 Å². The average molecular weight is 150 g/mol. The molecular weight excluding hydrogens is 136 g/mol. The van der Waals surface area contributed by atoms with Gasteiger partial charge in [-0.3, -0.25) is 4.79 Å². The van der Waals surface area contributed by atoms with Gasteiger partial charge in [-0.1, -0.05) is 31.2 Å². The van der Waals surface area contributed by atoms with Crippen molar-refractivity contribution < 1.29 is 4.79 Å². The van der Waals surface area contributed by atoms with Crippen LogP contribution in [-0.4, -0.2) is 5.78 Å². The molecule has 1 aliphatic carbocycles. The Morgan fingerprint density at radius 2 is 2.09 bits per heavy atom. The summed E-state index contributed by atoms with van der Waals surface area (Å²) in [5.74, 6) is 0.565. The molecule has 0 fully saturated rings. The predicted molar refractivity (Wildman–Crippen MR) is 46.2 cm³/mol. The smallest absolute Gasteiger partial charge is 0.140 e. The zero-order valence-electron chi connectivity index (χ0n) is 7.29. The lowest BCUT2D eigenvalue weighted by Gasteiger charge is -2.29. The third kappa shape index (κ3) is 1.28. The number of ketones is 1. The van der Waals surface area contributed by atoms with Crippen LogP contribution in [0.15, 0.2) is 24.3 Å². The first-order valence-electron chi connectivity index (χ1n) is 3.94. The summed E-state index contributed by atoms with van der Waals surface area (Å²) in [5.41, 5.74) is -0.269. The predicted octanol–water partition coefficient (Wildman–Crippen LogP) is 2.34. The van der Waals surface area contributed by atoms with E-state index in [0.717, 1.165) is 0 Å². The van der Waals surface area contributed by atoms with Crippen molar-refractivity contribution in [3.05, 3.63) is 24.3 Å². The van der Waals surface area contributed by atoms with E-state index in [4.69, 9.17) is 0 Å². The summed E-state index contributed by atoms with van der Waals surface area (Å²) in [6, 6.07) is 0. The van der Waals surface area contributed by atoms with E-state index >= 15 is 0 Å². The van der Waals surface area contributed by atoms with Crippen LogP contribution in [0.4, 0.5) is 0 Å². The summed E-state index contributed by atoms with van der Waals surface area (Å²) in [6.07, 6.45) is 8.00. The van der Waals surface area contributed by atoms with Crippen LogP contribution in [0.1, 0.15) is 20.8 Å². The summed E-state index contributed by atoms with van der Waals surface area (Å²) in [5, 5.41) is 0. The molecule has 0 saturated carbocycles. The van der Waals surface area contributed by atoms with Crippen LogP contribution in [0.25, 0.3) is 0 Å². The van der Waals surface area contributed by atoms with E-state index in [0.29, 0.717) is 5.92 Å². The highest BCUT2D eigenvalue weighted by Crippen LogP contribution is 2.33. The molecule has 0 aromatic carbocycles. The topological polar surface area (TPSA) is 17.1 Å². The molecule has 0 heterocycles. The lowest BCUT2D eigenvalue weighted by atomic mass is 9.73. The van der Waals surface area contributed by atoms with Crippen molar-refractivity contribution in [3.63, 3.8) is 0 Å². The molecule has 2 atom stereocenters. The highest BCUT2D eigenvalue weighted by Gasteiger charge is 2.32. The van der Waals surface area contributed by atoms with Gasteiger partial charge in [0, 0.05) is 0 Å². The third-order valence-electron chi connectivity index (χ3n) is 2.66. The molecule has 0 saturated heterocycles. The number of Topliss-reactive ketones (excluding diaryl/α,β-unsaturated/α-hetero) is 1. The summed E-state index contributed by atoms with van der Waals surface area (Å²) >= 11 is 0. The van der Waals surface area contributed by atoms with Crippen LogP contribution in [-0.2, 0) is 4.79 Å². The Kier molecular flexibility index (Phi) is 1.99. The first-order chi connectivity index (χ1) is 5.07. The maximum atomic E-state index is 11.2. The Morgan fingerprint density at radius 3 is 2.45 bits per heavy atom. The average Bonchev–Trinajstić information content (AvgIpc) is 1.95. The van der Waals surface area contributed by atoms with E-state index in [2.05, 4.69) is 13.0 Å². The fraction of sp³-hybridized carbons (Fsp3) is 0.500. The summed E-state index contributed by atoms with van der Waals surface area (Å²) in [6.45, 7) is 5.71. The molecule has 1 aliphatic rings. The number of rotatable bonds is 1. The molecule has 11 heavy (non-hydrogen) atoms. The zero-order valence-corrected chi connectivity index (χ0v) is 7.29. The SMILES string of the molecule is CC(=O)C1(C)C=CC=CC1C. The molecule has 0 aliphatic heterocycles. The van der Waals surface area contributed by atoms with Crippen molar-refractivity contribution in [1.29, 1.82) is 0 Å². The second kappa shape index (κ2) is 2.65. The Bertz CT molecular complexity index is 225. The molecule has 1 nitrogen and oxygen atoms in total. The normalized spacial score (nSPS) is 35.7. The van der Waals surface area contributed by atoms with Crippen molar-refractivity contribution in [2.24, 2.45) is 11.3 Å². The molecule has 0 aromatic rings. The molecule has 0 radical (unpaired) electrons. The highest BCUT2D eigenvalue weighted by molar-refractivity contribution is 5.84. The number of hydrogen-bond acceptors (Lipinski definition) is 1. The second-order valence-corrected chi connectivity index (χ2v) is 3.37. The minimum absolute atomic E-state index is 0.241. The third-order valence-corrected chi connectivity index (χ3v) is 2.66. The largest absolute Gasteiger partial charge is 0.299 e. The first kappa shape index (κ1) is 8.25. The molecule has 0 amide bonds. The van der Waals surface area contributed by atoms with Crippen LogP contribution >= 0.6 is 0 Å². The molecule has 0 bridgehead atoms.